The van der Waals surface area contributed by atoms with Crippen molar-refractivity contribution in [2.75, 3.05) is 16.8 Å². The lowest BCUT2D eigenvalue weighted by Crippen LogP contribution is -2.42. The minimum Gasteiger partial charge on any atom is -0.483 e. The standard InChI is InChI=1S/C34H27ClFN3O5S2/c1-15-2-7-18(8-3-15)37-24(40)14-44-23-11-4-16(35)12-20(23)25-26-21-13-22(29(26)45-31-30(25)46-34(43)38-31)28-27(21)32(41)39(33(28)42)19-9-5-17(36)6-10-19/h2-12,21-22,25-29H,13-14H2,1H3,(H,37,40)(H,38,43)/t21-,22-,25-,26?,27?,28?,29?/m1/s1. The van der Waals surface area contributed by atoms with Crippen molar-refractivity contribution in [3.05, 3.63) is 103 Å². The van der Waals surface area contributed by atoms with E-state index in [-0.39, 0.29) is 58.1 Å². The van der Waals surface area contributed by atoms with Gasteiger partial charge in [0, 0.05) is 32.3 Å². The Kier molecular flexibility index (Phi) is 7.11. The van der Waals surface area contributed by atoms with E-state index in [0.29, 0.717) is 28.6 Å². The SMILES string of the molecule is Cc1ccc(NC(=O)COc2ccc(Cl)cc2[C@H]2c3sc(=O)[nH]c3SC3C2[C@H]2C[C@@H]3C3C(=O)N(c4ccc(F)cc4)C(=O)C32)cc1. The van der Waals surface area contributed by atoms with E-state index in [4.69, 9.17) is 16.3 Å². The molecular formula is C34H27ClFN3O5S2. The number of thioether (sulfide) groups is 1. The predicted octanol–water partition coefficient (Wildman–Crippen LogP) is 6.23. The fourth-order valence-electron chi connectivity index (χ4n) is 8.08. The van der Waals surface area contributed by atoms with E-state index >= 15 is 0 Å². The molecule has 1 aromatic heterocycles. The molecule has 3 heterocycles. The number of aryl methyl sites for hydroxylation is 1. The van der Waals surface area contributed by atoms with Crippen LogP contribution >= 0.6 is 34.7 Å². The van der Waals surface area contributed by atoms with Gasteiger partial charge in [0.2, 0.25) is 11.8 Å². The fraction of sp³-hybridized carbons (Fsp3) is 0.294. The smallest absolute Gasteiger partial charge is 0.305 e. The number of rotatable bonds is 6. The Balaban J connectivity index is 1.14. The quantitative estimate of drug-likeness (QED) is 0.235. The lowest BCUT2D eigenvalue weighted by atomic mass is 9.68. The van der Waals surface area contributed by atoms with Crippen LogP contribution < -0.4 is 19.8 Å². The fourth-order valence-corrected chi connectivity index (χ4v) is 11.1. The minimum absolute atomic E-state index is 0.0458. The Labute approximate surface area is 276 Å². The van der Waals surface area contributed by atoms with Crippen molar-refractivity contribution in [1.29, 1.82) is 0 Å². The summed E-state index contributed by atoms with van der Waals surface area (Å²) >= 11 is 9.27. The number of benzene rings is 3. The number of aromatic amines is 1. The van der Waals surface area contributed by atoms with Crippen molar-refractivity contribution in [2.45, 2.75) is 29.5 Å². The molecule has 8 rings (SSSR count). The summed E-state index contributed by atoms with van der Waals surface area (Å²) in [6.45, 7) is 1.72. The van der Waals surface area contributed by atoms with Crippen LogP contribution in [-0.2, 0) is 14.4 Å². The first-order chi connectivity index (χ1) is 22.2. The highest BCUT2D eigenvalue weighted by molar-refractivity contribution is 8.00. The maximum Gasteiger partial charge on any atom is 0.305 e. The average molecular weight is 676 g/mol. The zero-order chi connectivity index (χ0) is 31.9. The van der Waals surface area contributed by atoms with Crippen LogP contribution in [0.5, 0.6) is 5.75 Å². The van der Waals surface area contributed by atoms with E-state index in [1.165, 1.54) is 29.2 Å². The van der Waals surface area contributed by atoms with E-state index < -0.39 is 17.7 Å². The molecule has 3 fully saturated rings. The summed E-state index contributed by atoms with van der Waals surface area (Å²) in [5, 5.41) is 4.03. The largest absolute Gasteiger partial charge is 0.483 e. The zero-order valence-electron chi connectivity index (χ0n) is 24.4. The van der Waals surface area contributed by atoms with E-state index in [2.05, 4.69) is 10.3 Å². The summed E-state index contributed by atoms with van der Waals surface area (Å²) < 4.78 is 19.8. The van der Waals surface area contributed by atoms with Crippen molar-refractivity contribution in [1.82, 2.24) is 4.98 Å². The normalized spacial score (nSPS) is 27.4. The van der Waals surface area contributed by atoms with E-state index in [1.54, 1.807) is 23.9 Å². The lowest BCUT2D eigenvalue weighted by Gasteiger charge is -2.43. The maximum absolute atomic E-state index is 14.0. The Hall–Kier alpha value is -3.93. The van der Waals surface area contributed by atoms with Crippen molar-refractivity contribution in [3.63, 3.8) is 0 Å². The highest BCUT2D eigenvalue weighted by Gasteiger charge is 2.69. The van der Waals surface area contributed by atoms with Gasteiger partial charge in [0.25, 0.3) is 5.91 Å². The van der Waals surface area contributed by atoms with Crippen LogP contribution in [0.2, 0.25) is 5.02 Å². The van der Waals surface area contributed by atoms with Gasteiger partial charge in [-0.25, -0.2) is 4.39 Å². The third-order valence-electron chi connectivity index (χ3n) is 9.81. The number of halogens is 2. The number of fused-ring (bicyclic) bond motifs is 9. The second kappa shape index (κ2) is 11.1. The van der Waals surface area contributed by atoms with Crippen LogP contribution in [0.4, 0.5) is 15.8 Å². The van der Waals surface area contributed by atoms with Gasteiger partial charge in [-0.2, -0.15) is 0 Å². The molecule has 0 radical (unpaired) electrons. The molecule has 4 aliphatic rings. The Morgan fingerprint density at radius 3 is 2.48 bits per heavy atom. The number of anilines is 2. The van der Waals surface area contributed by atoms with Gasteiger partial charge in [-0.05, 0) is 85.7 Å². The molecule has 46 heavy (non-hydrogen) atoms. The van der Waals surface area contributed by atoms with Crippen molar-refractivity contribution in [2.24, 2.45) is 29.6 Å². The topological polar surface area (TPSA) is 109 Å². The predicted molar refractivity (Wildman–Crippen MR) is 174 cm³/mol. The highest BCUT2D eigenvalue weighted by atomic mass is 35.5. The third kappa shape index (κ3) is 4.70. The molecule has 8 nitrogen and oxygen atoms in total. The van der Waals surface area contributed by atoms with Gasteiger partial charge in [0.1, 0.15) is 11.6 Å². The molecule has 2 saturated carbocycles. The molecule has 2 bridgehead atoms. The summed E-state index contributed by atoms with van der Waals surface area (Å²) in [6, 6.07) is 18.1. The van der Waals surface area contributed by atoms with Crippen LogP contribution in [0.25, 0.3) is 0 Å². The number of hydrogen-bond donors (Lipinski definition) is 2. The number of carbonyl (C=O) groups excluding carboxylic acids is 3. The number of amides is 3. The van der Waals surface area contributed by atoms with Gasteiger partial charge in [-0.15, -0.1) is 11.8 Å². The van der Waals surface area contributed by atoms with Crippen LogP contribution in [0.15, 0.2) is 76.6 Å². The first kappa shape index (κ1) is 29.5. The first-order valence-corrected chi connectivity index (χ1v) is 17.1. The second-order valence-corrected chi connectivity index (χ2v) is 15.0. The molecule has 234 valence electrons. The van der Waals surface area contributed by atoms with Gasteiger partial charge >= 0.3 is 4.87 Å². The maximum atomic E-state index is 14.0. The summed E-state index contributed by atoms with van der Waals surface area (Å²) in [5.41, 5.74) is 2.84. The molecular weight excluding hydrogens is 649 g/mol. The molecule has 0 spiro atoms. The molecule has 12 heteroatoms. The molecule has 2 aliphatic heterocycles. The number of hydrogen-bond acceptors (Lipinski definition) is 7. The third-order valence-corrected chi connectivity index (χ3v) is 12.6. The number of carbonyl (C=O) groups is 3. The number of ether oxygens (including phenoxy) is 1. The van der Waals surface area contributed by atoms with Crippen LogP contribution in [0.1, 0.15) is 28.3 Å². The molecule has 4 aromatic rings. The van der Waals surface area contributed by atoms with Gasteiger partial charge < -0.3 is 15.0 Å². The number of nitrogens with zero attached hydrogens (tertiary/aromatic N) is 1. The second-order valence-electron chi connectivity index (χ2n) is 12.3. The van der Waals surface area contributed by atoms with E-state index in [9.17, 15) is 23.6 Å². The molecule has 2 N–H and O–H groups in total. The number of H-pyrrole nitrogens is 1. The van der Waals surface area contributed by atoms with E-state index in [1.807, 2.05) is 37.3 Å². The van der Waals surface area contributed by atoms with Gasteiger partial charge in [0.05, 0.1) is 22.5 Å². The number of aromatic nitrogens is 1. The average Bonchev–Trinajstić information content (AvgIpc) is 3.77. The molecule has 2 aliphatic carbocycles. The Morgan fingerprint density at radius 2 is 1.74 bits per heavy atom. The van der Waals surface area contributed by atoms with Gasteiger partial charge in [-0.1, -0.05) is 40.6 Å². The van der Waals surface area contributed by atoms with Crippen molar-refractivity contribution < 1.29 is 23.5 Å². The number of thiazole rings is 1. The summed E-state index contributed by atoms with van der Waals surface area (Å²) in [5.74, 6) is -2.49. The van der Waals surface area contributed by atoms with Crippen LogP contribution in [0.3, 0.4) is 0 Å². The number of nitrogens with one attached hydrogen (secondary N) is 2. The Morgan fingerprint density at radius 1 is 1.02 bits per heavy atom. The molecule has 1 saturated heterocycles. The first-order valence-electron chi connectivity index (χ1n) is 15.0. The lowest BCUT2D eigenvalue weighted by molar-refractivity contribution is -0.123. The monoisotopic (exact) mass is 675 g/mol. The molecule has 3 aromatic carbocycles. The van der Waals surface area contributed by atoms with Crippen LogP contribution in [-0.4, -0.2) is 34.6 Å². The summed E-state index contributed by atoms with van der Waals surface area (Å²) in [7, 11) is 0. The molecule has 3 amide bonds. The summed E-state index contributed by atoms with van der Waals surface area (Å²) in [4.78, 5) is 58.2. The minimum atomic E-state index is -0.520. The Bertz CT molecular complexity index is 1960. The molecule has 4 unspecified atom stereocenters. The number of imide groups is 1. The van der Waals surface area contributed by atoms with Crippen LogP contribution in [0, 0.1) is 42.3 Å². The van der Waals surface area contributed by atoms with Gasteiger partial charge in [0.15, 0.2) is 6.61 Å². The highest BCUT2D eigenvalue weighted by Crippen LogP contribution is 2.69. The van der Waals surface area contributed by atoms with Gasteiger partial charge in [-0.3, -0.25) is 24.1 Å². The van der Waals surface area contributed by atoms with Crippen molar-refractivity contribution in [3.8, 4) is 5.75 Å². The van der Waals surface area contributed by atoms with E-state index in [0.717, 1.165) is 32.4 Å². The van der Waals surface area contributed by atoms with Crippen molar-refractivity contribution >= 4 is 63.8 Å². The zero-order valence-corrected chi connectivity index (χ0v) is 26.8. The summed E-state index contributed by atoms with van der Waals surface area (Å²) in [6.07, 6.45) is 0.706. The molecule has 7 atom stereocenters.